The molecule has 0 saturated carbocycles. The second kappa shape index (κ2) is 15.4. The molecule has 0 spiro atoms. The molecule has 2 atom stereocenters. The van der Waals surface area contributed by atoms with Crippen LogP contribution in [0.2, 0.25) is 0 Å². The third-order valence-corrected chi connectivity index (χ3v) is 9.43. The Bertz CT molecular complexity index is 1710. The van der Waals surface area contributed by atoms with Crippen LogP contribution in [-0.4, -0.2) is 50.9 Å². The fourth-order valence-electron chi connectivity index (χ4n) is 4.69. The van der Waals surface area contributed by atoms with Gasteiger partial charge in [-0.05, 0) is 93.4 Å². The first kappa shape index (κ1) is 34.1. The van der Waals surface area contributed by atoms with Gasteiger partial charge in [0, 0.05) is 12.6 Å². The standard InChI is InChI=1S/C36H41N3O6S/c1-6-27(3)37-36(41)28(4)38(24-29-11-10-14-33(23-29)44-5)35(40)25-39(46(42,43)34-21-15-26(2)16-22-34)30-17-19-32(20-18-30)45-31-12-8-7-9-13-31/h7-23,27-28H,6,24-25H2,1-5H3,(H,37,41)/t27-,28+/m0/s1. The average molecular weight is 644 g/mol. The monoisotopic (exact) mass is 643 g/mol. The van der Waals surface area contributed by atoms with Crippen molar-refractivity contribution in [3.05, 3.63) is 114 Å². The summed E-state index contributed by atoms with van der Waals surface area (Å²) in [5, 5.41) is 2.94. The van der Waals surface area contributed by atoms with Crippen molar-refractivity contribution >= 4 is 27.5 Å². The van der Waals surface area contributed by atoms with Gasteiger partial charge < -0.3 is 19.7 Å². The van der Waals surface area contributed by atoms with Crippen LogP contribution in [0.5, 0.6) is 17.2 Å². The molecule has 0 aliphatic carbocycles. The van der Waals surface area contributed by atoms with E-state index < -0.39 is 28.5 Å². The number of para-hydroxylation sites is 1. The van der Waals surface area contributed by atoms with Crippen LogP contribution in [0.25, 0.3) is 0 Å². The normalized spacial score (nSPS) is 12.5. The summed E-state index contributed by atoms with van der Waals surface area (Å²) in [4.78, 5) is 28.9. The number of amides is 2. The second-order valence-electron chi connectivity index (χ2n) is 11.1. The summed E-state index contributed by atoms with van der Waals surface area (Å²) in [5.41, 5.74) is 1.90. The molecule has 1 N–H and O–H groups in total. The Balaban J connectivity index is 1.71. The zero-order valence-corrected chi connectivity index (χ0v) is 27.7. The van der Waals surface area contributed by atoms with Crippen LogP contribution in [-0.2, 0) is 26.2 Å². The minimum absolute atomic E-state index is 0.0393. The van der Waals surface area contributed by atoms with E-state index in [1.54, 1.807) is 68.6 Å². The molecule has 10 heteroatoms. The highest BCUT2D eigenvalue weighted by molar-refractivity contribution is 7.92. The summed E-state index contributed by atoms with van der Waals surface area (Å²) in [6.07, 6.45) is 0.717. The summed E-state index contributed by atoms with van der Waals surface area (Å²) in [5.74, 6) is 0.857. The topological polar surface area (TPSA) is 105 Å². The van der Waals surface area contributed by atoms with E-state index in [2.05, 4.69) is 5.32 Å². The molecule has 0 saturated heterocycles. The summed E-state index contributed by atoms with van der Waals surface area (Å²) in [7, 11) is -2.65. The van der Waals surface area contributed by atoms with Gasteiger partial charge in [0.25, 0.3) is 10.0 Å². The number of aryl methyl sites for hydroxylation is 1. The number of carbonyl (C=O) groups excluding carboxylic acids is 2. The molecule has 0 aliphatic rings. The van der Waals surface area contributed by atoms with E-state index in [1.165, 1.54) is 17.0 Å². The molecule has 242 valence electrons. The van der Waals surface area contributed by atoms with Gasteiger partial charge in [-0.2, -0.15) is 0 Å². The quantitative estimate of drug-likeness (QED) is 0.172. The van der Waals surface area contributed by atoms with Crippen LogP contribution < -0.4 is 19.1 Å². The van der Waals surface area contributed by atoms with Gasteiger partial charge >= 0.3 is 0 Å². The maximum atomic E-state index is 14.2. The maximum absolute atomic E-state index is 14.2. The first-order chi connectivity index (χ1) is 22.0. The largest absolute Gasteiger partial charge is 0.497 e. The molecule has 4 rings (SSSR count). The Labute approximate surface area is 271 Å². The third kappa shape index (κ3) is 8.66. The van der Waals surface area contributed by atoms with E-state index in [1.807, 2.05) is 57.2 Å². The van der Waals surface area contributed by atoms with Gasteiger partial charge in [0.2, 0.25) is 11.8 Å². The Kier molecular flexibility index (Phi) is 11.4. The molecule has 0 aromatic heterocycles. The minimum Gasteiger partial charge on any atom is -0.497 e. The van der Waals surface area contributed by atoms with Crippen molar-refractivity contribution < 1.29 is 27.5 Å². The third-order valence-electron chi connectivity index (χ3n) is 7.65. The van der Waals surface area contributed by atoms with E-state index in [0.717, 1.165) is 21.9 Å². The SMILES string of the molecule is CC[C@H](C)NC(=O)[C@@H](C)N(Cc1cccc(OC)c1)C(=O)CN(c1ccc(Oc2ccccc2)cc1)S(=O)(=O)c1ccc(C)cc1. The molecular formula is C36H41N3O6S. The summed E-state index contributed by atoms with van der Waals surface area (Å²) in [6.45, 7) is 6.88. The highest BCUT2D eigenvalue weighted by atomic mass is 32.2. The molecule has 4 aromatic carbocycles. The Hall–Kier alpha value is -4.83. The lowest BCUT2D eigenvalue weighted by atomic mass is 10.1. The molecule has 0 unspecified atom stereocenters. The number of nitrogens with one attached hydrogen (secondary N) is 1. The molecule has 0 heterocycles. The Morgan fingerprint density at radius 3 is 2.09 bits per heavy atom. The van der Waals surface area contributed by atoms with Crippen molar-refractivity contribution in [2.45, 2.75) is 57.6 Å². The minimum atomic E-state index is -4.20. The lowest BCUT2D eigenvalue weighted by Gasteiger charge is -2.32. The number of anilines is 1. The van der Waals surface area contributed by atoms with Crippen LogP contribution in [0.3, 0.4) is 0 Å². The number of ether oxygens (including phenoxy) is 2. The van der Waals surface area contributed by atoms with Gasteiger partial charge in [0.15, 0.2) is 0 Å². The van der Waals surface area contributed by atoms with Gasteiger partial charge in [-0.15, -0.1) is 0 Å². The zero-order chi connectivity index (χ0) is 33.3. The molecule has 0 bridgehead atoms. The van der Waals surface area contributed by atoms with Crippen LogP contribution in [0.15, 0.2) is 108 Å². The number of rotatable bonds is 14. The van der Waals surface area contributed by atoms with E-state index in [4.69, 9.17) is 9.47 Å². The van der Waals surface area contributed by atoms with Gasteiger partial charge in [-0.1, -0.05) is 55.0 Å². The first-order valence-corrected chi connectivity index (χ1v) is 16.6. The first-order valence-electron chi connectivity index (χ1n) is 15.2. The van der Waals surface area contributed by atoms with Crippen LogP contribution in [0.4, 0.5) is 5.69 Å². The number of hydrogen-bond donors (Lipinski definition) is 1. The number of benzene rings is 4. The number of carbonyl (C=O) groups is 2. The zero-order valence-electron chi connectivity index (χ0n) is 26.8. The Morgan fingerprint density at radius 2 is 1.46 bits per heavy atom. The van der Waals surface area contributed by atoms with Crippen molar-refractivity contribution in [3.8, 4) is 17.2 Å². The van der Waals surface area contributed by atoms with Crippen molar-refractivity contribution in [2.75, 3.05) is 18.0 Å². The number of hydrogen-bond acceptors (Lipinski definition) is 6. The van der Waals surface area contributed by atoms with Crippen molar-refractivity contribution in [3.63, 3.8) is 0 Å². The van der Waals surface area contributed by atoms with Gasteiger partial charge in [-0.3, -0.25) is 13.9 Å². The number of nitrogens with zero attached hydrogens (tertiary/aromatic N) is 2. The van der Waals surface area contributed by atoms with Crippen molar-refractivity contribution in [2.24, 2.45) is 0 Å². The van der Waals surface area contributed by atoms with Crippen LogP contribution in [0.1, 0.15) is 38.3 Å². The highest BCUT2D eigenvalue weighted by Crippen LogP contribution is 2.29. The highest BCUT2D eigenvalue weighted by Gasteiger charge is 2.33. The average Bonchev–Trinajstić information content (AvgIpc) is 3.06. The Morgan fingerprint density at radius 1 is 0.826 bits per heavy atom. The summed E-state index contributed by atoms with van der Waals surface area (Å²) < 4.78 is 40.6. The van der Waals surface area contributed by atoms with E-state index in [9.17, 15) is 18.0 Å². The second-order valence-corrected chi connectivity index (χ2v) is 13.0. The molecule has 2 amide bonds. The molecule has 9 nitrogen and oxygen atoms in total. The predicted molar refractivity (Wildman–Crippen MR) is 180 cm³/mol. The lowest BCUT2D eigenvalue weighted by Crippen LogP contribution is -2.52. The predicted octanol–water partition coefficient (Wildman–Crippen LogP) is 6.32. The van der Waals surface area contributed by atoms with Gasteiger partial charge in [-0.25, -0.2) is 8.42 Å². The van der Waals surface area contributed by atoms with Crippen molar-refractivity contribution in [1.82, 2.24) is 10.2 Å². The molecule has 0 radical (unpaired) electrons. The number of methoxy groups -OCH3 is 1. The molecule has 46 heavy (non-hydrogen) atoms. The smallest absolute Gasteiger partial charge is 0.264 e. The van der Waals surface area contributed by atoms with E-state index in [-0.39, 0.29) is 29.1 Å². The van der Waals surface area contributed by atoms with Gasteiger partial charge in [0.1, 0.15) is 29.8 Å². The number of sulfonamides is 1. The van der Waals surface area contributed by atoms with Gasteiger partial charge in [0.05, 0.1) is 17.7 Å². The molecule has 0 aliphatic heterocycles. The molecule has 4 aromatic rings. The van der Waals surface area contributed by atoms with Crippen LogP contribution >= 0.6 is 0 Å². The fraction of sp³-hybridized carbons (Fsp3) is 0.278. The molecule has 0 fully saturated rings. The maximum Gasteiger partial charge on any atom is 0.264 e. The fourth-order valence-corrected chi connectivity index (χ4v) is 6.10. The van der Waals surface area contributed by atoms with Crippen LogP contribution in [0, 0.1) is 6.92 Å². The lowest BCUT2D eigenvalue weighted by molar-refractivity contribution is -0.139. The summed E-state index contributed by atoms with van der Waals surface area (Å²) >= 11 is 0. The summed E-state index contributed by atoms with van der Waals surface area (Å²) in [6, 6.07) is 28.4. The van der Waals surface area contributed by atoms with E-state index in [0.29, 0.717) is 17.2 Å². The van der Waals surface area contributed by atoms with Crippen molar-refractivity contribution in [1.29, 1.82) is 0 Å². The molecular weight excluding hydrogens is 602 g/mol. The van der Waals surface area contributed by atoms with E-state index >= 15 is 0 Å².